The smallest absolute Gasteiger partial charge is 0.205 e. The molecule has 1 aromatic carbocycles. The zero-order valence-corrected chi connectivity index (χ0v) is 15.3. The van der Waals surface area contributed by atoms with E-state index in [1.165, 1.54) is 0 Å². The molecule has 1 heterocycles. The largest absolute Gasteiger partial charge is 0.408 e. The first-order chi connectivity index (χ1) is 9.27. The Labute approximate surface area is 131 Å². The number of hydrogen-bond donors (Lipinski definition) is 0. The summed E-state index contributed by atoms with van der Waals surface area (Å²) in [6.07, 6.45) is 0.0411. The van der Waals surface area contributed by atoms with E-state index in [1.807, 2.05) is 12.1 Å². The molecule has 2 nitrogen and oxygen atoms in total. The third-order valence-electron chi connectivity index (χ3n) is 3.08. The van der Waals surface area contributed by atoms with Gasteiger partial charge in [0.1, 0.15) is 0 Å². The van der Waals surface area contributed by atoms with Crippen LogP contribution in [0.15, 0.2) is 34.8 Å². The molecule has 1 atom stereocenters. The Morgan fingerprint density at radius 1 is 1.15 bits per heavy atom. The first-order valence-electron chi connectivity index (χ1n) is 6.80. The summed E-state index contributed by atoms with van der Waals surface area (Å²) in [5.74, 6) is 0. The molecule has 0 aliphatic carbocycles. The minimum Gasteiger partial charge on any atom is -0.408 e. The Hall–Kier alpha value is -0.713. The minimum atomic E-state index is -0.770. The van der Waals surface area contributed by atoms with Crippen molar-refractivity contribution < 1.29 is 4.43 Å². The SMILES string of the molecule is C[Si](C)OC(c1ccc2cc(Br)ccc2n1)C(C)(C)C. The highest BCUT2D eigenvalue weighted by molar-refractivity contribution is 9.10. The van der Waals surface area contributed by atoms with Crippen LogP contribution in [0.3, 0.4) is 0 Å². The maximum Gasteiger partial charge on any atom is 0.205 e. The van der Waals surface area contributed by atoms with Crippen LogP contribution in [-0.4, -0.2) is 14.0 Å². The molecule has 107 valence electrons. The second-order valence-electron chi connectivity index (χ2n) is 6.35. The van der Waals surface area contributed by atoms with Gasteiger partial charge in [-0.3, -0.25) is 4.98 Å². The van der Waals surface area contributed by atoms with Gasteiger partial charge in [-0.25, -0.2) is 0 Å². The van der Waals surface area contributed by atoms with Crippen molar-refractivity contribution in [2.75, 3.05) is 0 Å². The summed E-state index contributed by atoms with van der Waals surface area (Å²) in [6.45, 7) is 10.9. The normalized spacial score (nSPS) is 13.9. The second kappa shape index (κ2) is 5.96. The number of fused-ring (bicyclic) bond motifs is 1. The average molecular weight is 351 g/mol. The van der Waals surface area contributed by atoms with Crippen molar-refractivity contribution in [3.05, 3.63) is 40.5 Å². The number of nitrogens with zero attached hydrogens (tertiary/aromatic N) is 1. The molecule has 0 bridgehead atoms. The van der Waals surface area contributed by atoms with Crippen molar-refractivity contribution in [1.29, 1.82) is 0 Å². The van der Waals surface area contributed by atoms with Crippen LogP contribution < -0.4 is 0 Å². The van der Waals surface area contributed by atoms with Gasteiger partial charge in [-0.1, -0.05) is 42.8 Å². The van der Waals surface area contributed by atoms with E-state index in [-0.39, 0.29) is 11.5 Å². The van der Waals surface area contributed by atoms with Crippen molar-refractivity contribution in [2.45, 2.75) is 40.0 Å². The summed E-state index contributed by atoms with van der Waals surface area (Å²) >= 11 is 3.50. The monoisotopic (exact) mass is 350 g/mol. The number of halogens is 1. The van der Waals surface area contributed by atoms with Gasteiger partial charge in [0.25, 0.3) is 0 Å². The second-order valence-corrected chi connectivity index (χ2v) is 9.31. The van der Waals surface area contributed by atoms with Gasteiger partial charge in [-0.15, -0.1) is 0 Å². The Morgan fingerprint density at radius 2 is 1.85 bits per heavy atom. The number of benzene rings is 1. The molecule has 0 saturated heterocycles. The zero-order chi connectivity index (χ0) is 14.9. The van der Waals surface area contributed by atoms with Crippen molar-refractivity contribution in [1.82, 2.24) is 4.98 Å². The molecule has 0 fully saturated rings. The Balaban J connectivity index is 2.45. The first-order valence-corrected chi connectivity index (χ1v) is 10.0. The Kier molecular flexibility index (Phi) is 4.67. The number of hydrogen-bond acceptors (Lipinski definition) is 2. The van der Waals surface area contributed by atoms with E-state index in [1.54, 1.807) is 0 Å². The topological polar surface area (TPSA) is 22.1 Å². The van der Waals surface area contributed by atoms with Crippen LogP contribution >= 0.6 is 15.9 Å². The fourth-order valence-corrected chi connectivity index (χ4v) is 3.50. The van der Waals surface area contributed by atoms with Gasteiger partial charge in [0.15, 0.2) is 0 Å². The molecule has 0 aliphatic heterocycles. The van der Waals surface area contributed by atoms with Gasteiger partial charge in [0, 0.05) is 9.86 Å². The van der Waals surface area contributed by atoms with E-state index < -0.39 is 9.04 Å². The Morgan fingerprint density at radius 3 is 2.45 bits per heavy atom. The molecule has 0 saturated carbocycles. The van der Waals surface area contributed by atoms with Gasteiger partial charge >= 0.3 is 0 Å². The highest BCUT2D eigenvalue weighted by Gasteiger charge is 2.29. The Bertz CT molecular complexity index is 607. The summed E-state index contributed by atoms with van der Waals surface area (Å²) in [7, 11) is -0.770. The lowest BCUT2D eigenvalue weighted by atomic mass is 9.87. The fourth-order valence-electron chi connectivity index (χ4n) is 2.17. The molecule has 4 heteroatoms. The molecule has 1 unspecified atom stereocenters. The minimum absolute atomic E-state index is 0.0397. The fraction of sp³-hybridized carbons (Fsp3) is 0.438. The molecule has 20 heavy (non-hydrogen) atoms. The van der Waals surface area contributed by atoms with Crippen molar-refractivity contribution >= 4 is 35.9 Å². The van der Waals surface area contributed by atoms with E-state index in [4.69, 9.17) is 9.41 Å². The van der Waals surface area contributed by atoms with Crippen LogP contribution in [0.2, 0.25) is 13.1 Å². The summed E-state index contributed by atoms with van der Waals surface area (Å²) in [6, 6.07) is 10.4. The highest BCUT2D eigenvalue weighted by atomic mass is 79.9. The van der Waals surface area contributed by atoms with E-state index in [0.717, 1.165) is 21.1 Å². The van der Waals surface area contributed by atoms with Crippen molar-refractivity contribution in [3.8, 4) is 0 Å². The molecular formula is C16H21BrNOSi. The molecule has 0 N–H and O–H groups in total. The lowest BCUT2D eigenvalue weighted by Crippen LogP contribution is -2.26. The van der Waals surface area contributed by atoms with Crippen LogP contribution in [0.1, 0.15) is 32.6 Å². The van der Waals surface area contributed by atoms with E-state index in [9.17, 15) is 0 Å². The maximum atomic E-state index is 6.20. The lowest BCUT2D eigenvalue weighted by molar-refractivity contribution is 0.0830. The predicted octanol–water partition coefficient (Wildman–Crippen LogP) is 5.35. The van der Waals surface area contributed by atoms with Crippen molar-refractivity contribution in [2.24, 2.45) is 5.41 Å². The number of rotatable bonds is 3. The van der Waals surface area contributed by atoms with E-state index >= 15 is 0 Å². The van der Waals surface area contributed by atoms with Crippen LogP contribution in [0.25, 0.3) is 10.9 Å². The highest BCUT2D eigenvalue weighted by Crippen LogP contribution is 2.36. The molecule has 0 amide bonds. The molecule has 0 spiro atoms. The van der Waals surface area contributed by atoms with Gasteiger partial charge < -0.3 is 4.43 Å². The molecule has 2 rings (SSSR count). The van der Waals surface area contributed by atoms with Crippen LogP contribution in [0.5, 0.6) is 0 Å². The summed E-state index contributed by atoms with van der Waals surface area (Å²) in [5, 5.41) is 1.15. The van der Waals surface area contributed by atoms with E-state index in [2.05, 4.69) is 68.0 Å². The van der Waals surface area contributed by atoms with Crippen LogP contribution in [0, 0.1) is 5.41 Å². The van der Waals surface area contributed by atoms with Gasteiger partial charge in [-0.2, -0.15) is 0 Å². The molecule has 1 radical (unpaired) electrons. The third kappa shape index (κ3) is 3.68. The zero-order valence-electron chi connectivity index (χ0n) is 12.7. The lowest BCUT2D eigenvalue weighted by Gasteiger charge is -2.32. The number of aromatic nitrogens is 1. The summed E-state index contributed by atoms with van der Waals surface area (Å²) in [5.41, 5.74) is 2.08. The standard InChI is InChI=1S/C16H21BrNOSi/c1-16(2,3)15(19-20(4)5)14-8-6-11-10-12(17)7-9-13(11)18-14/h6-10,15H,1-5H3. The van der Waals surface area contributed by atoms with Gasteiger partial charge in [-0.05, 0) is 42.8 Å². The average Bonchev–Trinajstić information content (AvgIpc) is 2.34. The summed E-state index contributed by atoms with van der Waals surface area (Å²) < 4.78 is 7.28. The quantitative estimate of drug-likeness (QED) is 0.695. The molecule has 0 aliphatic rings. The van der Waals surface area contributed by atoms with Crippen LogP contribution in [0.4, 0.5) is 0 Å². The van der Waals surface area contributed by atoms with Gasteiger partial charge in [0.2, 0.25) is 9.04 Å². The number of pyridine rings is 1. The predicted molar refractivity (Wildman–Crippen MR) is 90.2 cm³/mol. The van der Waals surface area contributed by atoms with Crippen molar-refractivity contribution in [3.63, 3.8) is 0 Å². The molecular weight excluding hydrogens is 330 g/mol. The maximum absolute atomic E-state index is 6.20. The van der Waals surface area contributed by atoms with Crippen LogP contribution in [-0.2, 0) is 4.43 Å². The van der Waals surface area contributed by atoms with E-state index in [0.29, 0.717) is 0 Å². The first kappa shape index (κ1) is 15.7. The third-order valence-corrected chi connectivity index (χ3v) is 4.28. The molecule has 2 aromatic rings. The summed E-state index contributed by atoms with van der Waals surface area (Å²) in [4.78, 5) is 4.81. The van der Waals surface area contributed by atoms with Gasteiger partial charge in [0.05, 0.1) is 17.3 Å². The molecule has 1 aromatic heterocycles.